The van der Waals surface area contributed by atoms with Crippen molar-refractivity contribution in [3.63, 3.8) is 0 Å². The quantitative estimate of drug-likeness (QED) is 0.658. The third kappa shape index (κ3) is 4.74. The number of halogens is 1. The molecule has 5 nitrogen and oxygen atoms in total. The van der Waals surface area contributed by atoms with Crippen LogP contribution in [0.4, 0.5) is 5.69 Å². The molecule has 0 unspecified atom stereocenters. The molecule has 3 rings (SSSR count). The van der Waals surface area contributed by atoms with Gasteiger partial charge in [0.1, 0.15) is 0 Å². The zero-order chi connectivity index (χ0) is 17.6. The van der Waals surface area contributed by atoms with Crippen LogP contribution in [0.15, 0.2) is 64.7 Å². The fraction of sp³-hybridized carbons (Fsp3) is 0.0556. The van der Waals surface area contributed by atoms with Crippen molar-refractivity contribution in [1.82, 2.24) is 10.3 Å². The maximum atomic E-state index is 12.3. The second-order valence-electron chi connectivity index (χ2n) is 5.19. The number of anilines is 1. The molecule has 126 valence electrons. The van der Waals surface area contributed by atoms with Crippen LogP contribution in [0.3, 0.4) is 0 Å². The maximum absolute atomic E-state index is 12.3. The largest absolute Gasteiger partial charge is 0.347 e. The number of nitrogens with one attached hydrogen (secondary N) is 2. The van der Waals surface area contributed by atoms with Crippen molar-refractivity contribution in [3.05, 3.63) is 80.7 Å². The summed E-state index contributed by atoms with van der Waals surface area (Å²) in [5, 5.41) is 7.60. The Labute approximate surface area is 157 Å². The molecule has 2 amide bonds. The van der Waals surface area contributed by atoms with Gasteiger partial charge in [-0.3, -0.25) is 14.6 Å². The van der Waals surface area contributed by atoms with Gasteiger partial charge in [0.2, 0.25) is 0 Å². The fourth-order valence-corrected chi connectivity index (χ4v) is 3.55. The first-order valence-corrected chi connectivity index (χ1v) is 9.11. The molecule has 0 aliphatic rings. The average Bonchev–Trinajstić information content (AvgIpc) is 3.06. The molecule has 0 atom stereocenters. The molecule has 0 aliphatic carbocycles. The summed E-state index contributed by atoms with van der Waals surface area (Å²) < 4.78 is 1.00. The lowest BCUT2D eigenvalue weighted by molar-refractivity contribution is 0.0950. The summed E-state index contributed by atoms with van der Waals surface area (Å²) in [6.45, 7) is 0.460. The van der Waals surface area contributed by atoms with Gasteiger partial charge >= 0.3 is 0 Å². The highest BCUT2D eigenvalue weighted by atomic mass is 79.9. The normalized spacial score (nSPS) is 10.3. The van der Waals surface area contributed by atoms with E-state index in [-0.39, 0.29) is 11.8 Å². The molecule has 7 heteroatoms. The molecule has 0 bridgehead atoms. The van der Waals surface area contributed by atoms with Crippen LogP contribution in [-0.2, 0) is 6.54 Å². The molecule has 0 aliphatic heterocycles. The zero-order valence-electron chi connectivity index (χ0n) is 13.0. The lowest BCUT2D eigenvalue weighted by Crippen LogP contribution is -2.22. The third-order valence-electron chi connectivity index (χ3n) is 3.35. The van der Waals surface area contributed by atoms with Gasteiger partial charge in [0.15, 0.2) is 0 Å². The van der Waals surface area contributed by atoms with Crippen LogP contribution >= 0.6 is 27.3 Å². The minimum Gasteiger partial charge on any atom is -0.347 e. The van der Waals surface area contributed by atoms with Crippen LogP contribution in [-0.4, -0.2) is 16.8 Å². The van der Waals surface area contributed by atoms with Gasteiger partial charge in [-0.1, -0.05) is 6.07 Å². The van der Waals surface area contributed by atoms with E-state index in [1.807, 2.05) is 11.4 Å². The lowest BCUT2D eigenvalue weighted by Gasteiger charge is -2.08. The summed E-state index contributed by atoms with van der Waals surface area (Å²) in [7, 11) is 0. The molecule has 0 spiro atoms. The number of benzene rings is 1. The molecule has 0 saturated carbocycles. The third-order valence-corrected chi connectivity index (χ3v) is 5.05. The van der Waals surface area contributed by atoms with Gasteiger partial charge in [-0.2, -0.15) is 0 Å². The van der Waals surface area contributed by atoms with Gasteiger partial charge in [0.05, 0.1) is 12.1 Å². The van der Waals surface area contributed by atoms with Crippen molar-refractivity contribution >= 4 is 44.8 Å². The van der Waals surface area contributed by atoms with Crippen LogP contribution < -0.4 is 10.6 Å². The summed E-state index contributed by atoms with van der Waals surface area (Å²) in [5.41, 5.74) is 1.50. The van der Waals surface area contributed by atoms with Crippen molar-refractivity contribution in [3.8, 4) is 0 Å². The number of aromatic nitrogens is 1. The molecule has 0 fully saturated rings. The number of hydrogen-bond donors (Lipinski definition) is 2. The second kappa shape index (κ2) is 8.04. The first kappa shape index (κ1) is 17.3. The lowest BCUT2D eigenvalue weighted by atomic mass is 10.1. The van der Waals surface area contributed by atoms with Crippen LogP contribution in [0, 0.1) is 0 Å². The van der Waals surface area contributed by atoms with Crippen molar-refractivity contribution < 1.29 is 9.59 Å². The molecule has 2 N–H and O–H groups in total. The van der Waals surface area contributed by atoms with Gasteiger partial charge in [-0.25, -0.2) is 0 Å². The number of thiophene rings is 1. The van der Waals surface area contributed by atoms with E-state index < -0.39 is 0 Å². The molecule has 0 saturated heterocycles. The van der Waals surface area contributed by atoms with Crippen LogP contribution in [0.5, 0.6) is 0 Å². The van der Waals surface area contributed by atoms with Crippen LogP contribution in [0.2, 0.25) is 0 Å². The van der Waals surface area contributed by atoms with Gasteiger partial charge in [-0.05, 0) is 52.3 Å². The predicted octanol–water partition coefficient (Wildman–Crippen LogP) is 4.09. The van der Waals surface area contributed by atoms with E-state index in [1.54, 1.807) is 53.9 Å². The minimum atomic E-state index is -0.269. The van der Waals surface area contributed by atoms with E-state index in [2.05, 4.69) is 31.5 Å². The Morgan fingerprint density at radius 3 is 2.64 bits per heavy atom. The molecule has 0 radical (unpaired) electrons. The van der Waals surface area contributed by atoms with Gasteiger partial charge in [0.25, 0.3) is 11.8 Å². The molecular formula is C18H14BrN3O2S. The number of pyridine rings is 1. The monoisotopic (exact) mass is 415 g/mol. The maximum Gasteiger partial charge on any atom is 0.257 e. The van der Waals surface area contributed by atoms with Gasteiger partial charge in [-0.15, -0.1) is 11.3 Å². The van der Waals surface area contributed by atoms with Crippen molar-refractivity contribution in [2.45, 2.75) is 6.54 Å². The van der Waals surface area contributed by atoms with Crippen molar-refractivity contribution in [2.24, 2.45) is 0 Å². The van der Waals surface area contributed by atoms with E-state index in [0.717, 1.165) is 9.35 Å². The van der Waals surface area contributed by atoms with Crippen molar-refractivity contribution in [1.29, 1.82) is 0 Å². The number of rotatable bonds is 5. The highest BCUT2D eigenvalue weighted by Gasteiger charge is 2.10. The van der Waals surface area contributed by atoms with E-state index >= 15 is 0 Å². The molecule has 25 heavy (non-hydrogen) atoms. The Bertz CT molecular complexity index is 896. The number of carbonyl (C=O) groups excluding carboxylic acids is 2. The van der Waals surface area contributed by atoms with Gasteiger partial charge in [0, 0.05) is 38.4 Å². The standard InChI is InChI=1S/C18H14BrN3O2S/c19-14-8-16(25-11-14)10-21-17(23)12-3-1-5-15(7-12)22-18(24)13-4-2-6-20-9-13/h1-9,11H,10H2,(H,21,23)(H,22,24). The number of nitrogens with zero attached hydrogens (tertiary/aromatic N) is 1. The Morgan fingerprint density at radius 1 is 1.08 bits per heavy atom. The summed E-state index contributed by atoms with van der Waals surface area (Å²) in [6, 6.07) is 12.2. The van der Waals surface area contributed by atoms with E-state index in [1.165, 1.54) is 6.20 Å². The Kier molecular flexibility index (Phi) is 5.57. The summed E-state index contributed by atoms with van der Waals surface area (Å²) in [6.07, 6.45) is 3.10. The average molecular weight is 416 g/mol. The van der Waals surface area contributed by atoms with Gasteiger partial charge < -0.3 is 10.6 Å². The summed E-state index contributed by atoms with van der Waals surface area (Å²) >= 11 is 4.96. The number of hydrogen-bond acceptors (Lipinski definition) is 4. The Hall–Kier alpha value is -2.51. The molecule has 2 heterocycles. The van der Waals surface area contributed by atoms with E-state index in [0.29, 0.717) is 23.4 Å². The molecule has 2 aromatic heterocycles. The topological polar surface area (TPSA) is 71.1 Å². The fourth-order valence-electron chi connectivity index (χ4n) is 2.15. The van der Waals surface area contributed by atoms with Crippen LogP contribution in [0.25, 0.3) is 0 Å². The SMILES string of the molecule is O=C(NCc1cc(Br)cs1)c1cccc(NC(=O)c2cccnc2)c1. The number of amides is 2. The summed E-state index contributed by atoms with van der Waals surface area (Å²) in [4.78, 5) is 29.4. The van der Waals surface area contributed by atoms with Crippen LogP contribution in [0.1, 0.15) is 25.6 Å². The smallest absolute Gasteiger partial charge is 0.257 e. The molecular weight excluding hydrogens is 402 g/mol. The first-order valence-electron chi connectivity index (χ1n) is 7.44. The van der Waals surface area contributed by atoms with E-state index in [4.69, 9.17) is 0 Å². The predicted molar refractivity (Wildman–Crippen MR) is 102 cm³/mol. The number of carbonyl (C=O) groups is 2. The highest BCUT2D eigenvalue weighted by Crippen LogP contribution is 2.19. The zero-order valence-corrected chi connectivity index (χ0v) is 15.4. The Balaban J connectivity index is 1.64. The highest BCUT2D eigenvalue weighted by molar-refractivity contribution is 9.10. The molecule has 1 aromatic carbocycles. The van der Waals surface area contributed by atoms with E-state index in [9.17, 15) is 9.59 Å². The van der Waals surface area contributed by atoms with Crippen molar-refractivity contribution in [2.75, 3.05) is 5.32 Å². The summed E-state index contributed by atoms with van der Waals surface area (Å²) in [5.74, 6) is -0.462. The Morgan fingerprint density at radius 2 is 1.92 bits per heavy atom. The second-order valence-corrected chi connectivity index (χ2v) is 7.10. The molecule has 3 aromatic rings. The minimum absolute atomic E-state index is 0.193. The first-order chi connectivity index (χ1) is 12.1.